The summed E-state index contributed by atoms with van der Waals surface area (Å²) >= 11 is 0. The lowest BCUT2D eigenvalue weighted by Gasteiger charge is -2.16. The van der Waals surface area contributed by atoms with E-state index in [1.165, 1.54) is 0 Å². The van der Waals surface area contributed by atoms with Crippen LogP contribution in [0, 0.1) is 0 Å². The van der Waals surface area contributed by atoms with Crippen LogP contribution in [-0.4, -0.2) is 15.0 Å². The van der Waals surface area contributed by atoms with Crippen molar-refractivity contribution in [2.45, 2.75) is 19.6 Å². The fourth-order valence-electron chi connectivity index (χ4n) is 2.39. The lowest BCUT2D eigenvalue weighted by Crippen LogP contribution is -2.08. The molecule has 0 fully saturated rings. The summed E-state index contributed by atoms with van der Waals surface area (Å²) < 4.78 is 7.68. The highest BCUT2D eigenvalue weighted by atomic mass is 16.5. The van der Waals surface area contributed by atoms with Gasteiger partial charge in [0.15, 0.2) is 0 Å². The minimum Gasteiger partial charge on any atom is -0.486 e. The smallest absolute Gasteiger partial charge is 0.134 e. The molecule has 1 unspecified atom stereocenters. The Balaban J connectivity index is 1.99. The number of aryl methyl sites for hydroxylation is 1. The number of nitrogens with zero attached hydrogens (tertiary/aromatic N) is 3. The summed E-state index contributed by atoms with van der Waals surface area (Å²) in [7, 11) is 1.84. The predicted molar refractivity (Wildman–Crippen MR) is 81.9 cm³/mol. The summed E-state index contributed by atoms with van der Waals surface area (Å²) in [5, 5.41) is 10.2. The average molecular weight is 282 g/mol. The van der Waals surface area contributed by atoms with E-state index in [0.717, 1.165) is 27.8 Å². The van der Waals surface area contributed by atoms with Gasteiger partial charge in [0.1, 0.15) is 18.1 Å². The number of fused-ring (bicyclic) bond motifs is 1. The predicted octanol–water partition coefficient (Wildman–Crippen LogP) is 2.57. The van der Waals surface area contributed by atoms with Crippen molar-refractivity contribution in [2.75, 3.05) is 0 Å². The van der Waals surface area contributed by atoms with Crippen molar-refractivity contribution in [3.63, 3.8) is 0 Å². The molecule has 5 nitrogen and oxygen atoms in total. The van der Waals surface area contributed by atoms with Gasteiger partial charge >= 0.3 is 0 Å². The second-order valence-corrected chi connectivity index (χ2v) is 5.17. The molecule has 0 aliphatic rings. The molecule has 0 amide bonds. The van der Waals surface area contributed by atoms with Crippen molar-refractivity contribution in [3.05, 3.63) is 53.9 Å². The van der Waals surface area contributed by atoms with Crippen LogP contribution in [0.4, 0.5) is 0 Å². The van der Waals surface area contributed by atoms with Gasteiger partial charge in [-0.15, -0.1) is 5.10 Å². The first kappa shape index (κ1) is 13.6. The maximum atomic E-state index is 6.07. The van der Waals surface area contributed by atoms with Gasteiger partial charge in [0.2, 0.25) is 0 Å². The second kappa shape index (κ2) is 5.54. The third kappa shape index (κ3) is 2.73. The number of aromatic nitrogens is 3. The Morgan fingerprint density at radius 1 is 1.24 bits per heavy atom. The van der Waals surface area contributed by atoms with Gasteiger partial charge in [0.25, 0.3) is 0 Å². The van der Waals surface area contributed by atoms with Crippen LogP contribution in [0.1, 0.15) is 24.2 Å². The zero-order valence-corrected chi connectivity index (χ0v) is 12.2. The number of hydrogen-bond acceptors (Lipinski definition) is 4. The zero-order chi connectivity index (χ0) is 14.8. The maximum Gasteiger partial charge on any atom is 0.134 e. The Labute approximate surface area is 123 Å². The molecule has 1 atom stereocenters. The molecule has 0 aliphatic carbocycles. The summed E-state index contributed by atoms with van der Waals surface area (Å²) in [4.78, 5) is 0. The average Bonchev–Trinajstić information content (AvgIpc) is 2.90. The molecule has 3 rings (SSSR count). The number of ether oxygens (including phenoxy) is 1. The van der Waals surface area contributed by atoms with E-state index in [1.807, 2.05) is 44.4 Å². The normalized spacial score (nSPS) is 12.5. The third-order valence-electron chi connectivity index (χ3n) is 3.42. The van der Waals surface area contributed by atoms with E-state index in [0.29, 0.717) is 6.61 Å². The summed E-state index contributed by atoms with van der Waals surface area (Å²) in [6, 6.07) is 12.1. The SMILES string of the molecule is CC(N)c1ccc2ccccc2c1OCc1cn(C)nn1. The monoisotopic (exact) mass is 282 g/mol. The summed E-state index contributed by atoms with van der Waals surface area (Å²) in [6.45, 7) is 2.33. The van der Waals surface area contributed by atoms with Crippen molar-refractivity contribution in [3.8, 4) is 5.75 Å². The molecule has 0 bridgehead atoms. The Kier molecular flexibility index (Phi) is 3.58. The molecule has 0 saturated heterocycles. The highest BCUT2D eigenvalue weighted by molar-refractivity contribution is 5.89. The fraction of sp³-hybridized carbons (Fsp3) is 0.250. The van der Waals surface area contributed by atoms with Crippen LogP contribution in [0.5, 0.6) is 5.75 Å². The van der Waals surface area contributed by atoms with Gasteiger partial charge in [0, 0.05) is 24.0 Å². The van der Waals surface area contributed by atoms with Crippen LogP contribution in [0.3, 0.4) is 0 Å². The van der Waals surface area contributed by atoms with Crippen LogP contribution in [-0.2, 0) is 13.7 Å². The molecule has 1 aromatic heterocycles. The number of rotatable bonds is 4. The molecule has 21 heavy (non-hydrogen) atoms. The molecule has 5 heteroatoms. The molecular weight excluding hydrogens is 264 g/mol. The zero-order valence-electron chi connectivity index (χ0n) is 12.2. The lowest BCUT2D eigenvalue weighted by molar-refractivity contribution is 0.300. The molecule has 0 spiro atoms. The number of hydrogen-bond donors (Lipinski definition) is 1. The molecule has 1 heterocycles. The first-order valence-corrected chi connectivity index (χ1v) is 6.90. The van der Waals surface area contributed by atoms with Gasteiger partial charge in [-0.25, -0.2) is 0 Å². The summed E-state index contributed by atoms with van der Waals surface area (Å²) in [5.41, 5.74) is 7.86. The molecular formula is C16H18N4O. The van der Waals surface area contributed by atoms with Gasteiger partial charge in [0.05, 0.1) is 6.20 Å². The summed E-state index contributed by atoms with van der Waals surface area (Å²) in [6.07, 6.45) is 1.84. The minimum absolute atomic E-state index is 0.0912. The molecule has 2 N–H and O–H groups in total. The number of nitrogens with two attached hydrogens (primary N) is 1. The van der Waals surface area contributed by atoms with Crippen molar-refractivity contribution < 1.29 is 4.74 Å². The molecule has 0 saturated carbocycles. The maximum absolute atomic E-state index is 6.07. The van der Waals surface area contributed by atoms with E-state index in [1.54, 1.807) is 4.68 Å². The van der Waals surface area contributed by atoms with Crippen molar-refractivity contribution in [1.82, 2.24) is 15.0 Å². The molecule has 108 valence electrons. The van der Waals surface area contributed by atoms with Crippen LogP contribution in [0.2, 0.25) is 0 Å². The van der Waals surface area contributed by atoms with Crippen LogP contribution >= 0.6 is 0 Å². The topological polar surface area (TPSA) is 66.0 Å². The standard InChI is InChI=1S/C16H18N4O/c1-11(17)14-8-7-12-5-3-4-6-15(12)16(14)21-10-13-9-20(2)19-18-13/h3-9,11H,10,17H2,1-2H3. The van der Waals surface area contributed by atoms with Crippen LogP contribution in [0.15, 0.2) is 42.6 Å². The fourth-order valence-corrected chi connectivity index (χ4v) is 2.39. The first-order valence-electron chi connectivity index (χ1n) is 6.90. The van der Waals surface area contributed by atoms with E-state index in [-0.39, 0.29) is 6.04 Å². The summed E-state index contributed by atoms with van der Waals surface area (Å²) in [5.74, 6) is 0.828. The lowest BCUT2D eigenvalue weighted by atomic mass is 10.0. The van der Waals surface area contributed by atoms with E-state index in [2.05, 4.69) is 22.4 Å². The van der Waals surface area contributed by atoms with Crippen molar-refractivity contribution >= 4 is 10.8 Å². The molecule has 0 aliphatic heterocycles. The Morgan fingerprint density at radius 2 is 2.05 bits per heavy atom. The number of benzene rings is 2. The van der Waals surface area contributed by atoms with Gasteiger partial charge in [-0.3, -0.25) is 4.68 Å². The van der Waals surface area contributed by atoms with E-state index in [9.17, 15) is 0 Å². The minimum atomic E-state index is -0.0912. The Bertz CT molecular complexity index is 764. The molecule has 0 radical (unpaired) electrons. The molecule has 2 aromatic carbocycles. The van der Waals surface area contributed by atoms with Crippen molar-refractivity contribution in [2.24, 2.45) is 12.8 Å². The second-order valence-electron chi connectivity index (χ2n) is 5.17. The van der Waals surface area contributed by atoms with Gasteiger partial charge in [-0.2, -0.15) is 0 Å². The Hall–Kier alpha value is -2.40. The van der Waals surface area contributed by atoms with Crippen molar-refractivity contribution in [1.29, 1.82) is 0 Å². The van der Waals surface area contributed by atoms with Gasteiger partial charge in [-0.05, 0) is 12.3 Å². The molecule has 3 aromatic rings. The van der Waals surface area contributed by atoms with E-state index in [4.69, 9.17) is 10.5 Å². The first-order chi connectivity index (χ1) is 10.1. The largest absolute Gasteiger partial charge is 0.486 e. The highest BCUT2D eigenvalue weighted by Gasteiger charge is 2.13. The van der Waals surface area contributed by atoms with E-state index < -0.39 is 0 Å². The van der Waals surface area contributed by atoms with Gasteiger partial charge < -0.3 is 10.5 Å². The highest BCUT2D eigenvalue weighted by Crippen LogP contribution is 2.33. The Morgan fingerprint density at radius 3 is 2.76 bits per heavy atom. The van der Waals surface area contributed by atoms with Crippen LogP contribution < -0.4 is 10.5 Å². The van der Waals surface area contributed by atoms with Crippen LogP contribution in [0.25, 0.3) is 10.8 Å². The van der Waals surface area contributed by atoms with E-state index >= 15 is 0 Å². The van der Waals surface area contributed by atoms with Gasteiger partial charge in [-0.1, -0.05) is 41.6 Å². The third-order valence-corrected chi connectivity index (χ3v) is 3.42. The quantitative estimate of drug-likeness (QED) is 0.798.